The number of carbonyl (C=O) groups is 1. The summed E-state index contributed by atoms with van der Waals surface area (Å²) in [6.45, 7) is 0. The second-order valence-corrected chi connectivity index (χ2v) is 12.0. The van der Waals surface area contributed by atoms with Gasteiger partial charge in [0.1, 0.15) is 16.5 Å². The Labute approximate surface area is 266 Å². The van der Waals surface area contributed by atoms with Gasteiger partial charge in [0.2, 0.25) is 0 Å². The minimum atomic E-state index is -4.49. The monoisotopic (exact) mass is 641 g/mol. The van der Waals surface area contributed by atoms with Gasteiger partial charge < -0.3 is 5.32 Å². The van der Waals surface area contributed by atoms with Crippen molar-refractivity contribution in [3.8, 4) is 5.69 Å². The zero-order valence-electron chi connectivity index (χ0n) is 23.7. The van der Waals surface area contributed by atoms with Gasteiger partial charge in [-0.05, 0) is 34.9 Å². The fraction of sp³-hybridized carbons (Fsp3) is 0.118. The van der Waals surface area contributed by atoms with E-state index in [2.05, 4.69) is 20.5 Å². The Hall–Kier alpha value is -4.74. The predicted octanol–water partition coefficient (Wildman–Crippen LogP) is 8.15. The molecule has 6 rings (SSSR count). The molecule has 226 valence electrons. The van der Waals surface area contributed by atoms with Crippen LogP contribution in [0, 0.1) is 0 Å². The molecule has 0 saturated heterocycles. The van der Waals surface area contributed by atoms with Gasteiger partial charge in [0.15, 0.2) is 5.16 Å². The predicted molar refractivity (Wildman–Crippen MR) is 169 cm³/mol. The van der Waals surface area contributed by atoms with Crippen LogP contribution in [0.15, 0.2) is 126 Å². The second kappa shape index (κ2) is 13.5. The van der Waals surface area contributed by atoms with E-state index in [1.165, 1.54) is 29.2 Å². The third-order valence-electron chi connectivity index (χ3n) is 6.99. The van der Waals surface area contributed by atoms with E-state index < -0.39 is 11.7 Å². The second-order valence-electron chi connectivity index (χ2n) is 10.1. The number of rotatable bonds is 10. The first-order valence-electron chi connectivity index (χ1n) is 14.0. The first kappa shape index (κ1) is 30.3. The van der Waals surface area contributed by atoms with Crippen molar-refractivity contribution in [2.45, 2.75) is 29.5 Å². The number of halogens is 3. The molecule has 0 saturated carbocycles. The minimum absolute atomic E-state index is 0.288. The smallest absolute Gasteiger partial charge is 0.340 e. The third-order valence-corrected chi connectivity index (χ3v) is 8.96. The summed E-state index contributed by atoms with van der Waals surface area (Å²) in [4.78, 5) is 17.9. The average Bonchev–Trinajstić information content (AvgIpc) is 3.71. The summed E-state index contributed by atoms with van der Waals surface area (Å²) >= 11 is 2.63. The van der Waals surface area contributed by atoms with Crippen molar-refractivity contribution in [2.75, 3.05) is 0 Å². The first-order chi connectivity index (χ1) is 21.8. The van der Waals surface area contributed by atoms with Crippen LogP contribution in [0.25, 0.3) is 5.69 Å². The Morgan fingerprint density at radius 1 is 0.844 bits per heavy atom. The van der Waals surface area contributed by atoms with Crippen LogP contribution in [0.2, 0.25) is 0 Å². The lowest BCUT2D eigenvalue weighted by atomic mass is 9.98. The first-order valence-corrected chi connectivity index (χ1v) is 15.9. The molecule has 4 aromatic carbocycles. The maximum Gasteiger partial charge on any atom is 0.416 e. The van der Waals surface area contributed by atoms with E-state index in [4.69, 9.17) is 0 Å². The molecule has 6 aromatic rings. The Bertz CT molecular complexity index is 1840. The summed E-state index contributed by atoms with van der Waals surface area (Å²) in [6, 6.07) is 33.8. The molecule has 0 atom stereocenters. The SMILES string of the molecule is O=C(NC(c1ccccc1)c1ccccc1)c1csc(CSc2nnc(Cc3ccccc3)n2-c2cccc(C(F)(F)F)c2)n1. The molecule has 1 amide bonds. The number of nitrogens with zero attached hydrogens (tertiary/aromatic N) is 4. The molecular weight excluding hydrogens is 616 g/mol. The summed E-state index contributed by atoms with van der Waals surface area (Å²) < 4.78 is 42.4. The Morgan fingerprint density at radius 2 is 1.49 bits per heavy atom. The standard InChI is InChI=1S/C34H26F3N5OS2/c35-34(36,37)26-17-10-18-27(20-26)42-29(19-23-11-4-1-5-12-23)40-41-33(42)45-22-30-38-28(21-44-30)32(43)39-31(24-13-6-2-7-14-24)25-15-8-3-9-16-25/h1-18,20-21,31H,19,22H2,(H,39,43). The molecule has 1 N–H and O–H groups in total. The van der Waals surface area contributed by atoms with Gasteiger partial charge in [0, 0.05) is 11.8 Å². The number of aromatic nitrogens is 4. The fourth-order valence-corrected chi connectivity index (χ4v) is 6.59. The van der Waals surface area contributed by atoms with E-state index in [9.17, 15) is 18.0 Å². The molecule has 0 unspecified atom stereocenters. The maximum absolute atomic E-state index is 13.6. The van der Waals surface area contributed by atoms with Crippen molar-refractivity contribution < 1.29 is 18.0 Å². The van der Waals surface area contributed by atoms with Crippen LogP contribution in [0.4, 0.5) is 13.2 Å². The highest BCUT2D eigenvalue weighted by molar-refractivity contribution is 7.98. The van der Waals surface area contributed by atoms with Gasteiger partial charge in [0.05, 0.1) is 23.0 Å². The summed E-state index contributed by atoms with van der Waals surface area (Å²) in [7, 11) is 0. The van der Waals surface area contributed by atoms with Gasteiger partial charge in [-0.1, -0.05) is 109 Å². The summed E-state index contributed by atoms with van der Waals surface area (Å²) in [5.41, 5.74) is 2.70. The number of thioether (sulfide) groups is 1. The molecule has 0 radical (unpaired) electrons. The molecule has 2 heterocycles. The molecule has 11 heteroatoms. The number of hydrogen-bond donors (Lipinski definition) is 1. The Kier molecular flexibility index (Phi) is 9.08. The van der Waals surface area contributed by atoms with Gasteiger partial charge in [-0.25, -0.2) is 4.98 Å². The van der Waals surface area contributed by atoms with Crippen LogP contribution >= 0.6 is 23.1 Å². The lowest BCUT2D eigenvalue weighted by molar-refractivity contribution is -0.137. The molecule has 0 fully saturated rings. The molecule has 0 bridgehead atoms. The van der Waals surface area contributed by atoms with E-state index in [0.29, 0.717) is 33.8 Å². The molecule has 6 nitrogen and oxygen atoms in total. The number of benzene rings is 4. The van der Waals surface area contributed by atoms with Crippen LogP contribution in [0.5, 0.6) is 0 Å². The zero-order chi connectivity index (χ0) is 31.2. The topological polar surface area (TPSA) is 72.7 Å². The third kappa shape index (κ3) is 7.33. The van der Waals surface area contributed by atoms with Crippen molar-refractivity contribution in [3.05, 3.63) is 159 Å². The number of hydrogen-bond acceptors (Lipinski definition) is 6. The highest BCUT2D eigenvalue weighted by atomic mass is 32.2. The lowest BCUT2D eigenvalue weighted by Gasteiger charge is -2.19. The van der Waals surface area contributed by atoms with Crippen LogP contribution in [-0.4, -0.2) is 25.7 Å². The van der Waals surface area contributed by atoms with E-state index >= 15 is 0 Å². The van der Waals surface area contributed by atoms with Crippen molar-refractivity contribution in [2.24, 2.45) is 0 Å². The molecule has 2 aromatic heterocycles. The van der Waals surface area contributed by atoms with Gasteiger partial charge in [0.25, 0.3) is 5.91 Å². The quantitative estimate of drug-likeness (QED) is 0.153. The largest absolute Gasteiger partial charge is 0.416 e. The van der Waals surface area contributed by atoms with E-state index in [-0.39, 0.29) is 17.6 Å². The van der Waals surface area contributed by atoms with Gasteiger partial charge >= 0.3 is 6.18 Å². The molecule has 0 aliphatic carbocycles. The number of nitrogens with one attached hydrogen (secondary N) is 1. The van der Waals surface area contributed by atoms with Crippen molar-refractivity contribution in [3.63, 3.8) is 0 Å². The molecule has 0 spiro atoms. The van der Waals surface area contributed by atoms with E-state index in [1.54, 1.807) is 16.0 Å². The van der Waals surface area contributed by atoms with Gasteiger partial charge in [-0.2, -0.15) is 13.2 Å². The van der Waals surface area contributed by atoms with Crippen LogP contribution in [-0.2, 0) is 18.3 Å². The molecule has 0 aliphatic rings. The highest BCUT2D eigenvalue weighted by Gasteiger charge is 2.31. The van der Waals surface area contributed by atoms with Crippen molar-refractivity contribution in [1.82, 2.24) is 25.1 Å². The summed E-state index contributed by atoms with van der Waals surface area (Å²) in [5.74, 6) is 0.550. The van der Waals surface area contributed by atoms with Crippen LogP contribution in [0.3, 0.4) is 0 Å². The van der Waals surface area contributed by atoms with Crippen LogP contribution < -0.4 is 5.32 Å². The Balaban J connectivity index is 1.22. The molecule has 0 aliphatic heterocycles. The summed E-state index contributed by atoms with van der Waals surface area (Å²) in [5, 5.41) is 14.6. The molecule has 45 heavy (non-hydrogen) atoms. The summed E-state index contributed by atoms with van der Waals surface area (Å²) in [6.07, 6.45) is -4.11. The maximum atomic E-state index is 13.6. The van der Waals surface area contributed by atoms with Crippen LogP contribution in [0.1, 0.15) is 49.6 Å². The highest BCUT2D eigenvalue weighted by Crippen LogP contribution is 2.33. The van der Waals surface area contributed by atoms with Crippen molar-refractivity contribution >= 4 is 29.0 Å². The van der Waals surface area contributed by atoms with Gasteiger partial charge in [-0.15, -0.1) is 21.5 Å². The number of amides is 1. The number of alkyl halides is 3. The number of carbonyl (C=O) groups excluding carboxylic acids is 1. The average molecular weight is 642 g/mol. The lowest BCUT2D eigenvalue weighted by Crippen LogP contribution is -2.29. The van der Waals surface area contributed by atoms with E-state index in [1.807, 2.05) is 91.0 Å². The fourth-order valence-electron chi connectivity index (χ4n) is 4.83. The molecular formula is C34H26F3N5OS2. The number of thiazole rings is 1. The minimum Gasteiger partial charge on any atom is -0.340 e. The van der Waals surface area contributed by atoms with Gasteiger partial charge in [-0.3, -0.25) is 9.36 Å². The zero-order valence-corrected chi connectivity index (χ0v) is 25.3. The Morgan fingerprint density at radius 3 is 2.13 bits per heavy atom. The van der Waals surface area contributed by atoms with E-state index in [0.717, 1.165) is 28.8 Å². The van der Waals surface area contributed by atoms with Crippen molar-refractivity contribution in [1.29, 1.82) is 0 Å². The normalized spacial score (nSPS) is 11.6.